The number of nitrogens with zero attached hydrogens (tertiary/aromatic N) is 1. The highest BCUT2D eigenvalue weighted by Gasteiger charge is 2.29. The first-order valence-electron chi connectivity index (χ1n) is 8.79. The maximum atomic E-state index is 13.3. The Morgan fingerprint density at radius 3 is 2.70 bits per heavy atom. The van der Waals surface area contributed by atoms with E-state index in [0.717, 1.165) is 12.8 Å². The molecule has 0 radical (unpaired) electrons. The van der Waals surface area contributed by atoms with Crippen molar-refractivity contribution in [3.8, 4) is 0 Å². The van der Waals surface area contributed by atoms with E-state index in [0.29, 0.717) is 22.5 Å². The molecule has 1 heterocycles. The van der Waals surface area contributed by atoms with E-state index in [4.69, 9.17) is 4.84 Å². The molecule has 2 amide bonds. The molecule has 2 N–H and O–H groups in total. The van der Waals surface area contributed by atoms with Gasteiger partial charge in [0.05, 0.1) is 5.71 Å². The summed E-state index contributed by atoms with van der Waals surface area (Å²) in [6.45, 7) is 0. The minimum absolute atomic E-state index is 0.151. The molecule has 0 aromatic heterocycles. The van der Waals surface area contributed by atoms with Crippen molar-refractivity contribution in [1.82, 2.24) is 5.32 Å². The SMILES string of the molecule is O=C(NC1CC1)c1cccc(NC(=O)C2CC(c3cccc(F)c3)=NO2)c1. The van der Waals surface area contributed by atoms with Crippen LogP contribution in [0, 0.1) is 5.82 Å². The van der Waals surface area contributed by atoms with Crippen molar-refractivity contribution < 1.29 is 18.8 Å². The van der Waals surface area contributed by atoms with Crippen molar-refractivity contribution in [1.29, 1.82) is 0 Å². The molecule has 2 aromatic rings. The van der Waals surface area contributed by atoms with Crippen LogP contribution in [0.4, 0.5) is 10.1 Å². The van der Waals surface area contributed by atoms with E-state index in [9.17, 15) is 14.0 Å². The Morgan fingerprint density at radius 1 is 1.11 bits per heavy atom. The van der Waals surface area contributed by atoms with E-state index in [2.05, 4.69) is 15.8 Å². The minimum atomic E-state index is -0.799. The Balaban J connectivity index is 1.38. The lowest BCUT2D eigenvalue weighted by molar-refractivity contribution is -0.125. The van der Waals surface area contributed by atoms with Gasteiger partial charge in [-0.2, -0.15) is 0 Å². The molecule has 0 saturated heterocycles. The number of carbonyl (C=O) groups excluding carboxylic acids is 2. The first-order chi connectivity index (χ1) is 13.1. The summed E-state index contributed by atoms with van der Waals surface area (Å²) in [7, 11) is 0. The van der Waals surface area contributed by atoms with Gasteiger partial charge in [0.15, 0.2) is 0 Å². The Hall–Kier alpha value is -3.22. The number of carbonyl (C=O) groups is 2. The fourth-order valence-electron chi connectivity index (χ4n) is 2.81. The molecule has 6 nitrogen and oxygen atoms in total. The number of hydrogen-bond donors (Lipinski definition) is 2. The first kappa shape index (κ1) is 17.2. The summed E-state index contributed by atoms with van der Waals surface area (Å²) in [4.78, 5) is 29.8. The molecular weight excluding hydrogens is 349 g/mol. The molecule has 2 aromatic carbocycles. The molecular formula is C20H18FN3O3. The first-order valence-corrected chi connectivity index (χ1v) is 8.79. The van der Waals surface area contributed by atoms with Gasteiger partial charge in [0.25, 0.3) is 11.8 Å². The summed E-state index contributed by atoms with van der Waals surface area (Å²) in [6.07, 6.45) is 1.47. The number of anilines is 1. The van der Waals surface area contributed by atoms with Gasteiger partial charge in [0, 0.05) is 29.3 Å². The smallest absolute Gasteiger partial charge is 0.268 e. The average molecular weight is 367 g/mol. The monoisotopic (exact) mass is 367 g/mol. The third kappa shape index (κ3) is 4.13. The number of halogens is 1. The molecule has 1 aliphatic carbocycles. The van der Waals surface area contributed by atoms with E-state index >= 15 is 0 Å². The van der Waals surface area contributed by atoms with Gasteiger partial charge in [-0.1, -0.05) is 23.4 Å². The molecule has 0 spiro atoms. The summed E-state index contributed by atoms with van der Waals surface area (Å²) < 4.78 is 13.3. The van der Waals surface area contributed by atoms with Crippen molar-refractivity contribution in [3.63, 3.8) is 0 Å². The number of oxime groups is 1. The van der Waals surface area contributed by atoms with Gasteiger partial charge < -0.3 is 15.5 Å². The van der Waals surface area contributed by atoms with Gasteiger partial charge in [0.2, 0.25) is 6.10 Å². The van der Waals surface area contributed by atoms with Crippen molar-refractivity contribution in [2.24, 2.45) is 5.16 Å². The molecule has 2 aliphatic rings. The zero-order chi connectivity index (χ0) is 18.8. The van der Waals surface area contributed by atoms with Crippen molar-refractivity contribution in [2.45, 2.75) is 31.4 Å². The molecule has 1 unspecified atom stereocenters. The van der Waals surface area contributed by atoms with Crippen LogP contribution in [-0.4, -0.2) is 29.7 Å². The molecule has 27 heavy (non-hydrogen) atoms. The Bertz CT molecular complexity index is 924. The lowest BCUT2D eigenvalue weighted by Crippen LogP contribution is -2.28. The van der Waals surface area contributed by atoms with Gasteiger partial charge in [-0.25, -0.2) is 4.39 Å². The summed E-state index contributed by atoms with van der Waals surface area (Å²) in [5, 5.41) is 9.55. The lowest BCUT2D eigenvalue weighted by atomic mass is 10.0. The van der Waals surface area contributed by atoms with Gasteiger partial charge in [-0.05, 0) is 43.2 Å². The lowest BCUT2D eigenvalue weighted by Gasteiger charge is -2.11. The van der Waals surface area contributed by atoms with Crippen LogP contribution in [-0.2, 0) is 9.63 Å². The number of nitrogens with one attached hydrogen (secondary N) is 2. The van der Waals surface area contributed by atoms with Crippen molar-refractivity contribution in [3.05, 3.63) is 65.5 Å². The molecule has 4 rings (SSSR count). The summed E-state index contributed by atoms with van der Waals surface area (Å²) >= 11 is 0. The maximum Gasteiger partial charge on any atom is 0.268 e. The van der Waals surface area contributed by atoms with E-state index in [1.807, 2.05) is 0 Å². The molecule has 7 heteroatoms. The summed E-state index contributed by atoms with van der Waals surface area (Å²) in [5.41, 5.74) is 2.10. The maximum absolute atomic E-state index is 13.3. The van der Waals surface area contributed by atoms with E-state index in [-0.39, 0.29) is 30.1 Å². The van der Waals surface area contributed by atoms with Gasteiger partial charge >= 0.3 is 0 Å². The van der Waals surface area contributed by atoms with Gasteiger partial charge in [0.1, 0.15) is 5.82 Å². The third-order valence-corrected chi connectivity index (χ3v) is 4.42. The Morgan fingerprint density at radius 2 is 1.93 bits per heavy atom. The molecule has 0 bridgehead atoms. The van der Waals surface area contributed by atoms with Crippen molar-refractivity contribution >= 4 is 23.2 Å². The Labute approximate surface area is 155 Å². The fraction of sp³-hybridized carbons (Fsp3) is 0.250. The molecule has 1 saturated carbocycles. The molecule has 1 aliphatic heterocycles. The number of benzene rings is 2. The van der Waals surface area contributed by atoms with Crippen LogP contribution in [0.3, 0.4) is 0 Å². The van der Waals surface area contributed by atoms with Crippen LogP contribution in [0.15, 0.2) is 53.7 Å². The van der Waals surface area contributed by atoms with E-state index in [1.54, 1.807) is 36.4 Å². The number of hydrogen-bond acceptors (Lipinski definition) is 4. The van der Waals surface area contributed by atoms with Gasteiger partial charge in [-0.3, -0.25) is 9.59 Å². The predicted octanol–water partition coefficient (Wildman–Crippen LogP) is 2.85. The topological polar surface area (TPSA) is 79.8 Å². The predicted molar refractivity (Wildman–Crippen MR) is 98.0 cm³/mol. The molecule has 1 atom stereocenters. The quantitative estimate of drug-likeness (QED) is 0.853. The fourth-order valence-corrected chi connectivity index (χ4v) is 2.81. The normalized spacial score (nSPS) is 18.4. The third-order valence-electron chi connectivity index (χ3n) is 4.42. The largest absolute Gasteiger partial charge is 0.382 e. The zero-order valence-electron chi connectivity index (χ0n) is 14.4. The minimum Gasteiger partial charge on any atom is -0.382 e. The van der Waals surface area contributed by atoms with E-state index in [1.165, 1.54) is 12.1 Å². The highest BCUT2D eigenvalue weighted by atomic mass is 19.1. The zero-order valence-corrected chi connectivity index (χ0v) is 14.4. The van der Waals surface area contributed by atoms with Crippen LogP contribution in [0.5, 0.6) is 0 Å². The summed E-state index contributed by atoms with van der Waals surface area (Å²) in [5.74, 6) is -0.892. The second-order valence-electron chi connectivity index (χ2n) is 6.66. The second-order valence-corrected chi connectivity index (χ2v) is 6.66. The highest BCUT2D eigenvalue weighted by Crippen LogP contribution is 2.21. The molecule has 1 fully saturated rings. The van der Waals surface area contributed by atoms with Crippen molar-refractivity contribution in [2.75, 3.05) is 5.32 Å². The van der Waals surface area contributed by atoms with Crippen LogP contribution in [0.25, 0.3) is 0 Å². The number of amides is 2. The summed E-state index contributed by atoms with van der Waals surface area (Å²) in [6, 6.07) is 13.0. The highest BCUT2D eigenvalue weighted by molar-refractivity contribution is 6.06. The average Bonchev–Trinajstić information content (AvgIpc) is 3.33. The van der Waals surface area contributed by atoms with Crippen LogP contribution >= 0.6 is 0 Å². The van der Waals surface area contributed by atoms with Gasteiger partial charge in [-0.15, -0.1) is 0 Å². The second kappa shape index (κ2) is 7.19. The van der Waals surface area contributed by atoms with E-state index < -0.39 is 6.10 Å². The van der Waals surface area contributed by atoms with Crippen LogP contribution in [0.2, 0.25) is 0 Å². The number of rotatable bonds is 5. The Kier molecular flexibility index (Phi) is 4.58. The molecule has 138 valence electrons. The van der Waals surface area contributed by atoms with Crippen LogP contribution < -0.4 is 10.6 Å². The standard InChI is InChI=1S/C20H18FN3O3/c21-14-5-1-3-12(9-14)17-11-18(27-24-17)20(26)23-16-6-2-4-13(10-16)19(25)22-15-7-8-15/h1-6,9-10,15,18H,7-8,11H2,(H,22,25)(H,23,26). The van der Waals surface area contributed by atoms with Crippen LogP contribution in [0.1, 0.15) is 35.2 Å².